The molecule has 0 aliphatic rings. The monoisotopic (exact) mass is 545 g/mol. The summed E-state index contributed by atoms with van der Waals surface area (Å²) in [6.45, 7) is 3.17. The Kier molecular flexibility index (Phi) is 7.37. The lowest BCUT2D eigenvalue weighted by atomic mass is 9.98. The lowest BCUT2D eigenvalue weighted by Crippen LogP contribution is -2.23. The number of hydrogen-bond donors (Lipinski definition) is 2. The van der Waals surface area contributed by atoms with Gasteiger partial charge in [0.15, 0.2) is 5.16 Å². The number of tetrazole rings is 1. The van der Waals surface area contributed by atoms with Gasteiger partial charge >= 0.3 is 0 Å². The molecule has 8 nitrogen and oxygen atoms in total. The van der Waals surface area contributed by atoms with Gasteiger partial charge in [0.05, 0.1) is 23.1 Å². The molecular weight excluding hydrogens is 518 g/mol. The summed E-state index contributed by atoms with van der Waals surface area (Å²) in [6, 6.07) is 32.1. The highest BCUT2D eigenvalue weighted by atomic mass is 32.2. The van der Waals surface area contributed by atoms with Crippen molar-refractivity contribution in [2.45, 2.75) is 25.2 Å². The predicted molar refractivity (Wildman–Crippen MR) is 158 cm³/mol. The molecule has 6 aromatic rings. The number of nitrogens with one attached hydrogen (secondary N) is 2. The lowest BCUT2D eigenvalue weighted by molar-refractivity contribution is 0.0952. The second-order valence-electron chi connectivity index (χ2n) is 9.23. The van der Waals surface area contributed by atoms with Gasteiger partial charge in [-0.3, -0.25) is 4.79 Å². The molecule has 2 aromatic heterocycles. The Labute approximate surface area is 235 Å². The van der Waals surface area contributed by atoms with Crippen molar-refractivity contribution < 1.29 is 4.79 Å². The molecule has 0 unspecified atom stereocenters. The maximum Gasteiger partial charge on any atom is 0.253 e. The third-order valence-electron chi connectivity index (χ3n) is 6.66. The van der Waals surface area contributed by atoms with Crippen molar-refractivity contribution in [2.75, 3.05) is 5.75 Å². The number of nitrogens with zero attached hydrogens (tertiary/aromatic N) is 5. The van der Waals surface area contributed by atoms with Gasteiger partial charge in [0.1, 0.15) is 0 Å². The number of aromatic nitrogens is 6. The van der Waals surface area contributed by atoms with Gasteiger partial charge in [0.25, 0.3) is 5.91 Å². The maximum absolute atomic E-state index is 13.4. The van der Waals surface area contributed by atoms with E-state index in [1.165, 1.54) is 0 Å². The summed E-state index contributed by atoms with van der Waals surface area (Å²) in [5.74, 6) is 1.32. The third-order valence-corrected chi connectivity index (χ3v) is 7.52. The fourth-order valence-electron chi connectivity index (χ4n) is 4.78. The Morgan fingerprint density at radius 1 is 0.875 bits per heavy atom. The van der Waals surface area contributed by atoms with E-state index >= 15 is 0 Å². The summed E-state index contributed by atoms with van der Waals surface area (Å²) < 4.78 is 2.16. The van der Waals surface area contributed by atoms with Gasteiger partial charge in [-0.2, -0.15) is 5.21 Å². The zero-order chi connectivity index (χ0) is 27.3. The molecule has 198 valence electrons. The molecule has 0 spiro atoms. The average molecular weight is 546 g/mol. The molecule has 0 aliphatic heterocycles. The molecule has 2 heterocycles. The van der Waals surface area contributed by atoms with Crippen LogP contribution in [0.15, 0.2) is 102 Å². The van der Waals surface area contributed by atoms with Crippen LogP contribution in [0.4, 0.5) is 0 Å². The topological polar surface area (TPSA) is 101 Å². The van der Waals surface area contributed by atoms with Gasteiger partial charge in [0.2, 0.25) is 5.82 Å². The minimum Gasteiger partial charge on any atom is -0.348 e. The number of hydrogen-bond acceptors (Lipinski definition) is 6. The molecule has 0 radical (unpaired) electrons. The van der Waals surface area contributed by atoms with E-state index in [1.807, 2.05) is 66.7 Å². The molecule has 9 heteroatoms. The molecule has 1 amide bonds. The molecule has 6 rings (SSSR count). The van der Waals surface area contributed by atoms with Crippen LogP contribution in [0, 0.1) is 0 Å². The molecule has 0 saturated heterocycles. The molecule has 0 atom stereocenters. The van der Waals surface area contributed by atoms with Crippen LogP contribution in [0.25, 0.3) is 33.5 Å². The summed E-state index contributed by atoms with van der Waals surface area (Å²) in [5, 5.41) is 18.5. The number of benzene rings is 4. The van der Waals surface area contributed by atoms with E-state index in [1.54, 1.807) is 11.8 Å². The average Bonchev–Trinajstić information content (AvgIpc) is 3.66. The highest BCUT2D eigenvalue weighted by Crippen LogP contribution is 2.31. The first-order valence-electron chi connectivity index (χ1n) is 13.1. The fourth-order valence-corrected chi connectivity index (χ4v) is 5.52. The van der Waals surface area contributed by atoms with Gasteiger partial charge in [-0.25, -0.2) is 4.98 Å². The number of fused-ring (bicyclic) bond motifs is 1. The number of para-hydroxylation sites is 1. The molecule has 4 aromatic carbocycles. The first kappa shape index (κ1) is 25.5. The predicted octanol–water partition coefficient (Wildman–Crippen LogP) is 5.97. The fraction of sp³-hybridized carbons (Fsp3) is 0.129. The quantitative estimate of drug-likeness (QED) is 0.217. The lowest BCUT2D eigenvalue weighted by Gasteiger charge is -2.13. The van der Waals surface area contributed by atoms with Crippen LogP contribution in [0.3, 0.4) is 0 Å². The Balaban J connectivity index is 1.32. The Bertz CT molecular complexity index is 1750. The van der Waals surface area contributed by atoms with Crippen LogP contribution in [0.2, 0.25) is 0 Å². The van der Waals surface area contributed by atoms with Crippen molar-refractivity contribution >= 4 is 28.7 Å². The van der Waals surface area contributed by atoms with E-state index in [2.05, 4.69) is 67.8 Å². The Morgan fingerprint density at radius 3 is 2.40 bits per heavy atom. The SMILES string of the molecule is CCSc1nc2cccc(C(=O)NCc3ccccc3)c2n1Cc1ccc(-c2ccccc2-c2nn[nH]n2)cc1. The minimum absolute atomic E-state index is 0.114. The van der Waals surface area contributed by atoms with Gasteiger partial charge in [-0.05, 0) is 45.4 Å². The van der Waals surface area contributed by atoms with Crippen LogP contribution >= 0.6 is 11.8 Å². The number of thioether (sulfide) groups is 1. The second-order valence-corrected chi connectivity index (χ2v) is 10.5. The summed E-state index contributed by atoms with van der Waals surface area (Å²) in [7, 11) is 0. The first-order chi connectivity index (χ1) is 19.7. The van der Waals surface area contributed by atoms with Crippen LogP contribution in [-0.2, 0) is 13.1 Å². The number of rotatable bonds is 9. The van der Waals surface area contributed by atoms with E-state index in [-0.39, 0.29) is 5.91 Å². The summed E-state index contributed by atoms with van der Waals surface area (Å²) >= 11 is 1.68. The number of amides is 1. The van der Waals surface area contributed by atoms with Gasteiger partial charge in [-0.1, -0.05) is 104 Å². The van der Waals surface area contributed by atoms with Crippen LogP contribution < -0.4 is 5.32 Å². The maximum atomic E-state index is 13.4. The van der Waals surface area contributed by atoms with E-state index in [0.717, 1.165) is 49.8 Å². The third kappa shape index (κ3) is 5.23. The molecule has 0 aliphatic carbocycles. The second kappa shape index (κ2) is 11.5. The zero-order valence-electron chi connectivity index (χ0n) is 21.9. The van der Waals surface area contributed by atoms with Crippen LogP contribution in [0.1, 0.15) is 28.4 Å². The van der Waals surface area contributed by atoms with Gasteiger partial charge in [-0.15, -0.1) is 10.2 Å². The van der Waals surface area contributed by atoms with Gasteiger partial charge in [0, 0.05) is 12.1 Å². The van der Waals surface area contributed by atoms with Crippen molar-refractivity contribution in [3.05, 3.63) is 114 Å². The normalized spacial score (nSPS) is 11.1. The van der Waals surface area contributed by atoms with Gasteiger partial charge < -0.3 is 9.88 Å². The van der Waals surface area contributed by atoms with Crippen molar-refractivity contribution in [3.63, 3.8) is 0 Å². The summed E-state index contributed by atoms with van der Waals surface area (Å²) in [5.41, 5.74) is 7.45. The first-order valence-corrected chi connectivity index (χ1v) is 14.1. The Morgan fingerprint density at radius 2 is 1.65 bits per heavy atom. The minimum atomic E-state index is -0.114. The largest absolute Gasteiger partial charge is 0.348 e. The summed E-state index contributed by atoms with van der Waals surface area (Å²) in [6.07, 6.45) is 0. The number of carbonyl (C=O) groups excluding carboxylic acids is 1. The van der Waals surface area contributed by atoms with Crippen molar-refractivity contribution in [1.29, 1.82) is 0 Å². The zero-order valence-corrected chi connectivity index (χ0v) is 22.7. The molecule has 2 N–H and O–H groups in total. The number of imidazole rings is 1. The standard InChI is InChI=1S/C31H27N7OS/c1-2-40-31-33-27-14-8-13-26(30(39)32-19-21-9-4-3-5-10-21)28(27)38(31)20-22-15-17-23(18-16-22)24-11-6-7-12-25(24)29-34-36-37-35-29/h3-18H,2,19-20H2,1H3,(H,32,39)(H,34,35,36,37). The number of aromatic amines is 1. The molecule has 0 saturated carbocycles. The number of H-pyrrole nitrogens is 1. The van der Waals surface area contributed by atoms with E-state index < -0.39 is 0 Å². The highest BCUT2D eigenvalue weighted by Gasteiger charge is 2.19. The molecule has 0 fully saturated rings. The van der Waals surface area contributed by atoms with E-state index in [0.29, 0.717) is 24.5 Å². The van der Waals surface area contributed by atoms with E-state index in [4.69, 9.17) is 4.98 Å². The molecule has 0 bridgehead atoms. The van der Waals surface area contributed by atoms with Crippen molar-refractivity contribution in [2.24, 2.45) is 0 Å². The van der Waals surface area contributed by atoms with E-state index in [9.17, 15) is 4.79 Å². The van der Waals surface area contributed by atoms with Crippen molar-refractivity contribution in [3.8, 4) is 22.5 Å². The highest BCUT2D eigenvalue weighted by molar-refractivity contribution is 7.99. The molecular formula is C31H27N7OS. The van der Waals surface area contributed by atoms with Crippen LogP contribution in [-0.4, -0.2) is 41.8 Å². The molecule has 40 heavy (non-hydrogen) atoms. The van der Waals surface area contributed by atoms with Crippen LogP contribution in [0.5, 0.6) is 0 Å². The number of carbonyl (C=O) groups is 1. The summed E-state index contributed by atoms with van der Waals surface area (Å²) in [4.78, 5) is 18.2. The van der Waals surface area contributed by atoms with Crippen molar-refractivity contribution in [1.82, 2.24) is 35.5 Å². The smallest absolute Gasteiger partial charge is 0.253 e. The Hall–Kier alpha value is -4.76.